The van der Waals surface area contributed by atoms with E-state index in [1.165, 1.54) is 60.5 Å². The van der Waals surface area contributed by atoms with Gasteiger partial charge in [-0.2, -0.15) is 0 Å². The Morgan fingerprint density at radius 2 is 1.05 bits per heavy atom. The number of rotatable bonds is 23. The molecule has 0 saturated heterocycles. The van der Waals surface area contributed by atoms with E-state index in [4.69, 9.17) is 11.5 Å². The van der Waals surface area contributed by atoms with Crippen LogP contribution in [0.1, 0.15) is 129 Å². The normalized spacial score (nSPS) is 17.2. The van der Waals surface area contributed by atoms with E-state index < -0.39 is 0 Å². The third-order valence-corrected chi connectivity index (χ3v) is 8.27. The van der Waals surface area contributed by atoms with E-state index in [9.17, 15) is 19.2 Å². The smallest absolute Gasteiger partial charge is 0.256 e. The summed E-state index contributed by atoms with van der Waals surface area (Å²) in [6.07, 6.45) is 22.2. The first-order valence-corrected chi connectivity index (χ1v) is 15.8. The molecular weight excluding hydrogens is 504 g/mol. The Morgan fingerprint density at radius 1 is 0.600 bits per heavy atom. The predicted octanol–water partition coefficient (Wildman–Crippen LogP) is 5.29. The average molecular weight is 559 g/mol. The number of carbonyl (C=O) groups is 4. The maximum absolute atomic E-state index is 12.7. The molecule has 2 unspecified atom stereocenters. The van der Waals surface area contributed by atoms with Gasteiger partial charge in [0.2, 0.25) is 0 Å². The van der Waals surface area contributed by atoms with Gasteiger partial charge in [0.1, 0.15) is 0 Å². The Balaban J connectivity index is 1.63. The van der Waals surface area contributed by atoms with Crippen LogP contribution in [0.2, 0.25) is 0 Å². The number of imide groups is 2. The van der Waals surface area contributed by atoms with Gasteiger partial charge in [-0.15, -0.1) is 0 Å². The second-order valence-electron chi connectivity index (χ2n) is 11.7. The average Bonchev–Trinajstić information content (AvgIpc) is 3.32. The Labute approximate surface area is 242 Å². The summed E-state index contributed by atoms with van der Waals surface area (Å²) >= 11 is 0. The van der Waals surface area contributed by atoms with Gasteiger partial charge in [0.15, 0.2) is 0 Å². The van der Waals surface area contributed by atoms with Crippen molar-refractivity contribution in [3.8, 4) is 0 Å². The van der Waals surface area contributed by atoms with Gasteiger partial charge in [-0.1, -0.05) is 89.9 Å². The van der Waals surface area contributed by atoms with Gasteiger partial charge in [-0.3, -0.25) is 29.0 Å². The van der Waals surface area contributed by atoms with Crippen molar-refractivity contribution in [1.29, 1.82) is 0 Å². The van der Waals surface area contributed by atoms with Gasteiger partial charge in [-0.25, -0.2) is 0 Å². The zero-order valence-electron chi connectivity index (χ0n) is 25.1. The first-order chi connectivity index (χ1) is 19.3. The molecule has 0 bridgehead atoms. The summed E-state index contributed by atoms with van der Waals surface area (Å²) in [7, 11) is 0. The quantitative estimate of drug-likeness (QED) is 0.130. The lowest BCUT2D eigenvalue weighted by molar-refractivity contribution is -0.141. The number of nitrogens with zero attached hydrogens (tertiary/aromatic N) is 2. The van der Waals surface area contributed by atoms with Crippen molar-refractivity contribution < 1.29 is 19.2 Å². The highest BCUT2D eigenvalue weighted by Crippen LogP contribution is 2.24. The van der Waals surface area contributed by atoms with Crippen LogP contribution < -0.4 is 11.5 Å². The molecule has 2 atom stereocenters. The second kappa shape index (κ2) is 18.9. The Bertz CT molecular complexity index is 897. The fourth-order valence-corrected chi connectivity index (χ4v) is 5.77. The fraction of sp³-hybridized carbons (Fsp3) is 0.750. The number of carbonyl (C=O) groups excluding carboxylic acids is 4. The third-order valence-electron chi connectivity index (χ3n) is 8.27. The standard InChI is InChI=1S/C32H54N4O4/c1-25-23-29(37)35(31(25)39)22-18-14-10-6-8-12-16-20-28(36-30(38)24-26(2)32(36)40)27(34)19-15-11-7-4-3-5-9-13-17-21-33/h23-24,27-28H,3-22,33-34H2,1-2H3. The molecule has 8 nitrogen and oxygen atoms in total. The summed E-state index contributed by atoms with van der Waals surface area (Å²) in [6.45, 7) is 4.66. The molecular formula is C32H54N4O4. The lowest BCUT2D eigenvalue weighted by atomic mass is 9.94. The van der Waals surface area contributed by atoms with E-state index in [1.807, 2.05) is 0 Å². The first kappa shape index (κ1) is 33.9. The fourth-order valence-electron chi connectivity index (χ4n) is 5.77. The highest BCUT2D eigenvalue weighted by molar-refractivity contribution is 6.16. The molecule has 0 radical (unpaired) electrons. The maximum atomic E-state index is 12.7. The molecule has 4 amide bonds. The van der Waals surface area contributed by atoms with Crippen LogP contribution in [-0.2, 0) is 19.2 Å². The van der Waals surface area contributed by atoms with E-state index in [0.29, 0.717) is 17.7 Å². The van der Waals surface area contributed by atoms with Crippen molar-refractivity contribution >= 4 is 23.6 Å². The van der Waals surface area contributed by atoms with Crippen molar-refractivity contribution in [3.05, 3.63) is 23.3 Å². The molecule has 8 heteroatoms. The molecule has 0 aliphatic carbocycles. The van der Waals surface area contributed by atoms with Gasteiger partial charge < -0.3 is 11.5 Å². The van der Waals surface area contributed by atoms with Crippen molar-refractivity contribution in [2.24, 2.45) is 11.5 Å². The summed E-state index contributed by atoms with van der Waals surface area (Å²) in [5, 5.41) is 0. The second-order valence-corrected chi connectivity index (χ2v) is 11.7. The molecule has 0 fully saturated rings. The summed E-state index contributed by atoms with van der Waals surface area (Å²) in [4.78, 5) is 51.8. The zero-order chi connectivity index (χ0) is 29.3. The van der Waals surface area contributed by atoms with Gasteiger partial charge in [0.05, 0.1) is 6.04 Å². The summed E-state index contributed by atoms with van der Waals surface area (Å²) in [6, 6.07) is -0.443. The lowest BCUT2D eigenvalue weighted by Crippen LogP contribution is -2.50. The van der Waals surface area contributed by atoms with Crippen molar-refractivity contribution in [1.82, 2.24) is 9.80 Å². The van der Waals surface area contributed by atoms with E-state index in [-0.39, 0.29) is 35.7 Å². The molecule has 0 saturated carbocycles. The largest absolute Gasteiger partial charge is 0.330 e. The topological polar surface area (TPSA) is 127 Å². The zero-order valence-corrected chi connectivity index (χ0v) is 25.1. The molecule has 2 rings (SSSR count). The predicted molar refractivity (Wildman–Crippen MR) is 160 cm³/mol. The molecule has 2 heterocycles. The molecule has 4 N–H and O–H groups in total. The highest BCUT2D eigenvalue weighted by atomic mass is 16.2. The lowest BCUT2D eigenvalue weighted by Gasteiger charge is -2.31. The van der Waals surface area contributed by atoms with E-state index in [1.54, 1.807) is 13.8 Å². The molecule has 226 valence electrons. The minimum Gasteiger partial charge on any atom is -0.330 e. The van der Waals surface area contributed by atoms with Crippen LogP contribution in [0.25, 0.3) is 0 Å². The highest BCUT2D eigenvalue weighted by Gasteiger charge is 2.37. The molecule has 0 spiro atoms. The molecule has 2 aliphatic rings. The summed E-state index contributed by atoms with van der Waals surface area (Å²) in [5.74, 6) is -0.776. The number of nitrogens with two attached hydrogens (primary N) is 2. The maximum Gasteiger partial charge on any atom is 0.256 e. The van der Waals surface area contributed by atoms with Gasteiger partial charge in [0, 0.05) is 35.9 Å². The summed E-state index contributed by atoms with van der Waals surface area (Å²) in [5.41, 5.74) is 13.2. The minimum atomic E-state index is -0.246. The van der Waals surface area contributed by atoms with Crippen LogP contribution in [0, 0.1) is 0 Å². The van der Waals surface area contributed by atoms with Crippen molar-refractivity contribution in [3.63, 3.8) is 0 Å². The number of unbranched alkanes of at least 4 members (excludes halogenated alkanes) is 14. The number of amides is 4. The van der Waals surface area contributed by atoms with Crippen LogP contribution in [0.3, 0.4) is 0 Å². The van der Waals surface area contributed by atoms with Crippen LogP contribution in [0.15, 0.2) is 23.3 Å². The Morgan fingerprint density at radius 3 is 1.52 bits per heavy atom. The molecule has 0 aromatic carbocycles. The van der Waals surface area contributed by atoms with E-state index >= 15 is 0 Å². The molecule has 0 aromatic heterocycles. The van der Waals surface area contributed by atoms with Crippen LogP contribution in [-0.4, -0.2) is 58.6 Å². The number of hydrogen-bond acceptors (Lipinski definition) is 6. The Hall–Kier alpha value is -2.32. The third kappa shape index (κ3) is 11.3. The molecule has 40 heavy (non-hydrogen) atoms. The van der Waals surface area contributed by atoms with Crippen molar-refractivity contribution in [2.75, 3.05) is 13.1 Å². The van der Waals surface area contributed by atoms with Crippen LogP contribution in [0.4, 0.5) is 0 Å². The molecule has 2 aliphatic heterocycles. The monoisotopic (exact) mass is 558 g/mol. The SMILES string of the molecule is CC1=CC(=O)N(CCCCCCCCCC(C(N)CCCCCCCCCCCN)N2C(=O)C=C(C)C2=O)C1=O. The van der Waals surface area contributed by atoms with Gasteiger partial charge in [-0.05, 0) is 46.1 Å². The van der Waals surface area contributed by atoms with Crippen LogP contribution in [0.5, 0.6) is 0 Å². The minimum absolute atomic E-state index is 0.164. The van der Waals surface area contributed by atoms with Crippen molar-refractivity contribution in [2.45, 2.75) is 142 Å². The molecule has 0 aromatic rings. The van der Waals surface area contributed by atoms with E-state index in [2.05, 4.69) is 0 Å². The van der Waals surface area contributed by atoms with Gasteiger partial charge in [0.25, 0.3) is 23.6 Å². The van der Waals surface area contributed by atoms with E-state index in [0.717, 1.165) is 83.6 Å². The van der Waals surface area contributed by atoms with Crippen LogP contribution >= 0.6 is 0 Å². The first-order valence-electron chi connectivity index (χ1n) is 15.8. The summed E-state index contributed by atoms with van der Waals surface area (Å²) < 4.78 is 0. The number of hydrogen-bond donors (Lipinski definition) is 2. The Kier molecular flexibility index (Phi) is 16.0. The van der Waals surface area contributed by atoms with Gasteiger partial charge >= 0.3 is 0 Å².